The smallest absolute Gasteiger partial charge is 0.0263 e. The maximum absolute atomic E-state index is 3.82. The number of rotatable bonds is 3. The van der Waals surface area contributed by atoms with Crippen molar-refractivity contribution in [3.8, 4) is 0 Å². The predicted octanol–water partition coefficient (Wildman–Crippen LogP) is 4.08. The Morgan fingerprint density at radius 1 is 1.15 bits per heavy atom. The van der Waals surface area contributed by atoms with Gasteiger partial charge in [-0.15, -0.1) is 0 Å². The lowest BCUT2D eigenvalue weighted by Crippen LogP contribution is -1.86. The normalized spacial score (nSPS) is 10.1. The van der Waals surface area contributed by atoms with Crippen LogP contribution in [0.1, 0.15) is 34.6 Å². The summed E-state index contributed by atoms with van der Waals surface area (Å²) in [6.45, 7) is 17.8. The first-order chi connectivity index (χ1) is 5.91. The third-order valence-corrected chi connectivity index (χ3v) is 1.14. The van der Waals surface area contributed by atoms with E-state index in [1.54, 1.807) is 6.20 Å². The topological polar surface area (TPSA) is 12.4 Å². The van der Waals surface area contributed by atoms with Crippen molar-refractivity contribution in [2.75, 3.05) is 0 Å². The van der Waals surface area contributed by atoms with Crippen molar-refractivity contribution in [2.24, 2.45) is 16.8 Å². The molecule has 0 saturated carbocycles. The molecule has 0 atom stereocenters. The van der Waals surface area contributed by atoms with Crippen LogP contribution in [0.5, 0.6) is 0 Å². The zero-order chi connectivity index (χ0) is 10.9. The van der Waals surface area contributed by atoms with Gasteiger partial charge in [-0.05, 0) is 24.6 Å². The Morgan fingerprint density at radius 2 is 1.54 bits per heavy atom. The van der Waals surface area contributed by atoms with Crippen LogP contribution >= 0.6 is 0 Å². The SMILES string of the molecule is C=N/C=C\C(=C)C(C)C.CC(C)C. The molecule has 0 rings (SSSR count). The largest absolute Gasteiger partial charge is 0.273 e. The second-order valence-corrected chi connectivity index (χ2v) is 3.96. The molecule has 1 nitrogen and oxygen atoms in total. The molecule has 76 valence electrons. The van der Waals surface area contributed by atoms with Crippen LogP contribution in [0.25, 0.3) is 0 Å². The monoisotopic (exact) mass is 181 g/mol. The van der Waals surface area contributed by atoms with Gasteiger partial charge in [0.1, 0.15) is 0 Å². The average molecular weight is 181 g/mol. The lowest BCUT2D eigenvalue weighted by molar-refractivity contribution is 0.737. The highest BCUT2D eigenvalue weighted by Gasteiger charge is 1.92. The van der Waals surface area contributed by atoms with E-state index >= 15 is 0 Å². The van der Waals surface area contributed by atoms with Crippen LogP contribution in [0, 0.1) is 11.8 Å². The fourth-order valence-corrected chi connectivity index (χ4v) is 0.341. The van der Waals surface area contributed by atoms with Gasteiger partial charge in [0.25, 0.3) is 0 Å². The number of hydrogen-bond acceptors (Lipinski definition) is 1. The molecule has 0 aliphatic rings. The van der Waals surface area contributed by atoms with E-state index in [0.717, 1.165) is 11.5 Å². The molecule has 0 bridgehead atoms. The molecule has 0 aromatic rings. The summed E-state index contributed by atoms with van der Waals surface area (Å²) in [5, 5.41) is 0. The molecule has 0 saturated heterocycles. The third kappa shape index (κ3) is 18.3. The molecule has 1 heteroatoms. The highest BCUT2D eigenvalue weighted by Crippen LogP contribution is 2.06. The van der Waals surface area contributed by atoms with Crippen molar-refractivity contribution < 1.29 is 0 Å². The maximum atomic E-state index is 3.82. The zero-order valence-electron chi connectivity index (χ0n) is 9.67. The van der Waals surface area contributed by atoms with Crippen molar-refractivity contribution in [1.82, 2.24) is 0 Å². The van der Waals surface area contributed by atoms with E-state index in [-0.39, 0.29) is 0 Å². The lowest BCUT2D eigenvalue weighted by atomic mass is 10.1. The quantitative estimate of drug-likeness (QED) is 0.459. The van der Waals surface area contributed by atoms with Crippen LogP contribution in [0.2, 0.25) is 0 Å². The highest BCUT2D eigenvalue weighted by atomic mass is 14.6. The molecule has 0 fully saturated rings. The molecule has 0 radical (unpaired) electrons. The standard InChI is InChI=1S/C8H13N.C4H10/c1-7(2)8(3)5-6-9-4;1-4(2)3/h5-7H,3-4H2,1-2H3;4H,1-3H3/b6-5-;. The molecular formula is C12H23N. The van der Waals surface area contributed by atoms with Crippen molar-refractivity contribution in [1.29, 1.82) is 0 Å². The Labute approximate surface area is 83.3 Å². The van der Waals surface area contributed by atoms with E-state index in [2.05, 4.69) is 52.9 Å². The molecule has 0 N–H and O–H groups in total. The van der Waals surface area contributed by atoms with E-state index in [9.17, 15) is 0 Å². The summed E-state index contributed by atoms with van der Waals surface area (Å²) in [5.74, 6) is 1.34. The van der Waals surface area contributed by atoms with Gasteiger partial charge in [0, 0.05) is 6.20 Å². The summed E-state index contributed by atoms with van der Waals surface area (Å²) in [6.07, 6.45) is 3.53. The molecule has 0 aliphatic carbocycles. The van der Waals surface area contributed by atoms with E-state index < -0.39 is 0 Å². The van der Waals surface area contributed by atoms with Gasteiger partial charge in [0.2, 0.25) is 0 Å². The summed E-state index contributed by atoms with van der Waals surface area (Å²) >= 11 is 0. The first-order valence-electron chi connectivity index (χ1n) is 4.73. The summed E-state index contributed by atoms with van der Waals surface area (Å²) in [5.41, 5.74) is 1.09. The summed E-state index contributed by atoms with van der Waals surface area (Å²) in [6, 6.07) is 0. The first-order valence-corrected chi connectivity index (χ1v) is 4.73. The summed E-state index contributed by atoms with van der Waals surface area (Å²) in [7, 11) is 0. The fourth-order valence-electron chi connectivity index (χ4n) is 0.341. The van der Waals surface area contributed by atoms with Gasteiger partial charge in [0.15, 0.2) is 0 Å². The van der Waals surface area contributed by atoms with Gasteiger partial charge >= 0.3 is 0 Å². The van der Waals surface area contributed by atoms with Crippen LogP contribution in [0.15, 0.2) is 29.4 Å². The molecule has 0 amide bonds. The number of nitrogens with zero attached hydrogens (tertiary/aromatic N) is 1. The Hall–Kier alpha value is -0.850. The minimum absolute atomic E-state index is 0.503. The van der Waals surface area contributed by atoms with Crippen molar-refractivity contribution in [2.45, 2.75) is 34.6 Å². The molecule has 13 heavy (non-hydrogen) atoms. The molecule has 0 aromatic carbocycles. The van der Waals surface area contributed by atoms with Crippen LogP contribution in [0.4, 0.5) is 0 Å². The van der Waals surface area contributed by atoms with Crippen molar-refractivity contribution >= 4 is 6.72 Å². The first kappa shape index (κ1) is 14.7. The van der Waals surface area contributed by atoms with Crippen LogP contribution in [-0.2, 0) is 0 Å². The van der Waals surface area contributed by atoms with Gasteiger partial charge in [-0.3, -0.25) is 4.99 Å². The Kier molecular flexibility index (Phi) is 10.4. The Balaban J connectivity index is 0. The van der Waals surface area contributed by atoms with E-state index in [4.69, 9.17) is 0 Å². The highest BCUT2D eigenvalue weighted by molar-refractivity contribution is 5.27. The van der Waals surface area contributed by atoms with Gasteiger partial charge in [-0.1, -0.05) is 46.8 Å². The van der Waals surface area contributed by atoms with Crippen LogP contribution < -0.4 is 0 Å². The summed E-state index contributed by atoms with van der Waals surface area (Å²) < 4.78 is 0. The van der Waals surface area contributed by atoms with Crippen LogP contribution in [0.3, 0.4) is 0 Å². The summed E-state index contributed by atoms with van der Waals surface area (Å²) in [4.78, 5) is 3.57. The molecule has 0 aliphatic heterocycles. The second kappa shape index (κ2) is 9.24. The second-order valence-electron chi connectivity index (χ2n) is 3.96. The minimum atomic E-state index is 0.503. The van der Waals surface area contributed by atoms with Crippen LogP contribution in [-0.4, -0.2) is 6.72 Å². The molecule has 0 spiro atoms. The number of hydrogen-bond donors (Lipinski definition) is 0. The van der Waals surface area contributed by atoms with E-state index in [1.165, 1.54) is 0 Å². The molecular weight excluding hydrogens is 158 g/mol. The molecule has 0 heterocycles. The van der Waals surface area contributed by atoms with Gasteiger partial charge in [-0.2, -0.15) is 0 Å². The molecule has 0 unspecified atom stereocenters. The number of aliphatic imine (C=N–C) groups is 1. The van der Waals surface area contributed by atoms with Crippen molar-refractivity contribution in [3.05, 3.63) is 24.4 Å². The zero-order valence-corrected chi connectivity index (χ0v) is 9.67. The number of allylic oxidation sites excluding steroid dienone is 2. The van der Waals surface area contributed by atoms with Gasteiger partial charge in [0.05, 0.1) is 0 Å². The fraction of sp³-hybridized carbons (Fsp3) is 0.583. The lowest BCUT2D eigenvalue weighted by Gasteiger charge is -2.00. The minimum Gasteiger partial charge on any atom is -0.273 e. The third-order valence-electron chi connectivity index (χ3n) is 1.14. The molecule has 0 aromatic heterocycles. The Morgan fingerprint density at radius 3 is 1.77 bits per heavy atom. The van der Waals surface area contributed by atoms with E-state index in [0.29, 0.717) is 5.92 Å². The van der Waals surface area contributed by atoms with Gasteiger partial charge in [-0.25, -0.2) is 0 Å². The van der Waals surface area contributed by atoms with Gasteiger partial charge < -0.3 is 0 Å². The van der Waals surface area contributed by atoms with Crippen molar-refractivity contribution in [3.63, 3.8) is 0 Å². The Bertz CT molecular complexity index is 161. The average Bonchev–Trinajstić information content (AvgIpc) is 1.98. The van der Waals surface area contributed by atoms with E-state index in [1.807, 2.05) is 6.08 Å². The maximum Gasteiger partial charge on any atom is 0.0263 e. The predicted molar refractivity (Wildman–Crippen MR) is 63.2 cm³/mol.